The molecule has 4 N–H and O–H groups in total. The summed E-state index contributed by atoms with van der Waals surface area (Å²) in [7, 11) is 0. The molecule has 0 spiro atoms. The number of benzene rings is 2. The summed E-state index contributed by atoms with van der Waals surface area (Å²) in [5, 5.41) is 11.8. The molecule has 92 valence electrons. The number of amides is 1. The molecule has 0 aliphatic heterocycles. The Morgan fingerprint density at radius 2 is 2.00 bits per heavy atom. The van der Waals surface area contributed by atoms with Crippen LogP contribution in [0.3, 0.4) is 0 Å². The van der Waals surface area contributed by atoms with E-state index in [2.05, 4.69) is 5.32 Å². The van der Waals surface area contributed by atoms with Crippen LogP contribution in [0.15, 0.2) is 42.5 Å². The summed E-state index contributed by atoms with van der Waals surface area (Å²) in [5.41, 5.74) is 6.25. The monoisotopic (exact) mass is 246 g/mol. The average molecular weight is 246 g/mol. The van der Waals surface area contributed by atoms with Crippen molar-refractivity contribution in [3.63, 3.8) is 0 Å². The molecule has 0 aliphatic carbocycles. The van der Waals surface area contributed by atoms with Gasteiger partial charge >= 0.3 is 0 Å². The van der Waals surface area contributed by atoms with Crippen LogP contribution in [0.5, 0.6) is 5.75 Å². The molecule has 2 aromatic rings. The first-order chi connectivity index (χ1) is 8.56. The van der Waals surface area contributed by atoms with Crippen molar-refractivity contribution in [3.8, 4) is 5.75 Å². The van der Waals surface area contributed by atoms with Crippen molar-refractivity contribution in [2.45, 2.75) is 0 Å². The van der Waals surface area contributed by atoms with Crippen LogP contribution in [0.1, 0.15) is 10.4 Å². The molecule has 0 unspecified atom stereocenters. The highest BCUT2D eigenvalue weighted by Gasteiger charge is 2.11. The third-order valence-corrected chi connectivity index (χ3v) is 2.36. The SMILES string of the molecule is Nc1ccc(F)cc1C(=O)Nc1cccc(O)c1. The fraction of sp³-hybridized carbons (Fsp3) is 0. The van der Waals surface area contributed by atoms with E-state index in [0.717, 1.165) is 6.07 Å². The predicted molar refractivity (Wildman–Crippen MR) is 66.9 cm³/mol. The number of rotatable bonds is 2. The second-order valence-corrected chi connectivity index (χ2v) is 3.74. The lowest BCUT2D eigenvalue weighted by Crippen LogP contribution is -2.14. The predicted octanol–water partition coefficient (Wildman–Crippen LogP) is 2.37. The number of anilines is 2. The van der Waals surface area contributed by atoms with E-state index in [1.54, 1.807) is 12.1 Å². The van der Waals surface area contributed by atoms with Gasteiger partial charge in [0.1, 0.15) is 11.6 Å². The van der Waals surface area contributed by atoms with E-state index in [-0.39, 0.29) is 17.0 Å². The van der Waals surface area contributed by atoms with E-state index in [1.807, 2.05) is 0 Å². The summed E-state index contributed by atoms with van der Waals surface area (Å²) in [6.45, 7) is 0. The lowest BCUT2D eigenvalue weighted by Gasteiger charge is -2.07. The highest BCUT2D eigenvalue weighted by Crippen LogP contribution is 2.18. The number of phenolic OH excluding ortho intramolecular Hbond substituents is 1. The zero-order chi connectivity index (χ0) is 13.1. The molecule has 0 heterocycles. The van der Waals surface area contributed by atoms with E-state index >= 15 is 0 Å². The normalized spacial score (nSPS) is 10.1. The molecule has 0 fully saturated rings. The van der Waals surface area contributed by atoms with Crippen molar-refractivity contribution in [2.75, 3.05) is 11.1 Å². The van der Waals surface area contributed by atoms with Gasteiger partial charge in [0, 0.05) is 17.4 Å². The molecular weight excluding hydrogens is 235 g/mol. The van der Waals surface area contributed by atoms with Crippen LogP contribution in [-0.2, 0) is 0 Å². The van der Waals surface area contributed by atoms with Crippen molar-refractivity contribution in [1.29, 1.82) is 0 Å². The highest BCUT2D eigenvalue weighted by atomic mass is 19.1. The third-order valence-electron chi connectivity index (χ3n) is 2.36. The second kappa shape index (κ2) is 4.75. The number of hydrogen-bond acceptors (Lipinski definition) is 3. The van der Waals surface area contributed by atoms with Crippen molar-refractivity contribution in [1.82, 2.24) is 0 Å². The van der Waals surface area contributed by atoms with Crippen LogP contribution in [0.2, 0.25) is 0 Å². The maximum atomic E-state index is 13.0. The standard InChI is InChI=1S/C13H11FN2O2/c14-8-4-5-12(15)11(6-8)13(18)16-9-2-1-3-10(17)7-9/h1-7,17H,15H2,(H,16,18). The van der Waals surface area contributed by atoms with Crippen LogP contribution in [-0.4, -0.2) is 11.0 Å². The Balaban J connectivity index is 2.24. The topological polar surface area (TPSA) is 75.4 Å². The molecule has 0 saturated carbocycles. The van der Waals surface area contributed by atoms with Gasteiger partial charge in [-0.25, -0.2) is 4.39 Å². The average Bonchev–Trinajstić information content (AvgIpc) is 2.32. The summed E-state index contributed by atoms with van der Waals surface area (Å²) in [6, 6.07) is 9.62. The number of nitrogen functional groups attached to an aromatic ring is 1. The fourth-order valence-corrected chi connectivity index (χ4v) is 1.51. The summed E-state index contributed by atoms with van der Waals surface area (Å²) in [6.07, 6.45) is 0. The number of carbonyl (C=O) groups excluding carboxylic acids is 1. The molecule has 0 saturated heterocycles. The minimum atomic E-state index is -0.537. The number of halogens is 1. The van der Waals surface area contributed by atoms with E-state index < -0.39 is 11.7 Å². The molecule has 0 radical (unpaired) electrons. The van der Waals surface area contributed by atoms with Crippen LogP contribution < -0.4 is 11.1 Å². The van der Waals surface area contributed by atoms with Gasteiger partial charge in [0.05, 0.1) is 5.56 Å². The summed E-state index contributed by atoms with van der Waals surface area (Å²) in [4.78, 5) is 11.9. The first-order valence-electron chi connectivity index (χ1n) is 5.21. The Labute approximate surface area is 103 Å². The van der Waals surface area contributed by atoms with Gasteiger partial charge in [0.25, 0.3) is 5.91 Å². The van der Waals surface area contributed by atoms with Crippen molar-refractivity contribution in [3.05, 3.63) is 53.8 Å². The summed E-state index contributed by atoms with van der Waals surface area (Å²) < 4.78 is 13.0. The molecule has 0 aliphatic rings. The quantitative estimate of drug-likeness (QED) is 0.712. The van der Waals surface area contributed by atoms with Gasteiger partial charge in [-0.2, -0.15) is 0 Å². The number of carbonyl (C=O) groups is 1. The van der Waals surface area contributed by atoms with Crippen LogP contribution in [0, 0.1) is 5.82 Å². The minimum Gasteiger partial charge on any atom is -0.508 e. The molecule has 0 aromatic heterocycles. The molecule has 2 rings (SSSR count). The maximum absolute atomic E-state index is 13.0. The number of aromatic hydroxyl groups is 1. The van der Waals surface area contributed by atoms with Crippen LogP contribution >= 0.6 is 0 Å². The molecule has 4 nitrogen and oxygen atoms in total. The van der Waals surface area contributed by atoms with Gasteiger partial charge in [0.2, 0.25) is 0 Å². The Morgan fingerprint density at radius 1 is 1.22 bits per heavy atom. The first-order valence-corrected chi connectivity index (χ1v) is 5.21. The molecule has 1 amide bonds. The van der Waals surface area contributed by atoms with Crippen molar-refractivity contribution >= 4 is 17.3 Å². The lowest BCUT2D eigenvalue weighted by atomic mass is 10.1. The zero-order valence-electron chi connectivity index (χ0n) is 9.35. The van der Waals surface area contributed by atoms with Crippen LogP contribution in [0.25, 0.3) is 0 Å². The molecule has 18 heavy (non-hydrogen) atoms. The van der Waals surface area contributed by atoms with Gasteiger partial charge < -0.3 is 16.2 Å². The highest BCUT2D eigenvalue weighted by molar-refractivity contribution is 6.07. The van der Waals surface area contributed by atoms with E-state index in [4.69, 9.17) is 5.73 Å². The summed E-state index contributed by atoms with van der Waals surface area (Å²) >= 11 is 0. The van der Waals surface area contributed by atoms with E-state index in [9.17, 15) is 14.3 Å². The Bertz CT molecular complexity index is 599. The fourth-order valence-electron chi connectivity index (χ4n) is 1.51. The van der Waals surface area contributed by atoms with Crippen molar-refractivity contribution in [2.24, 2.45) is 0 Å². The minimum absolute atomic E-state index is 0.0278. The Morgan fingerprint density at radius 3 is 2.72 bits per heavy atom. The van der Waals surface area contributed by atoms with Crippen LogP contribution in [0.4, 0.5) is 15.8 Å². The third kappa shape index (κ3) is 2.57. The molecule has 5 heteroatoms. The lowest BCUT2D eigenvalue weighted by molar-refractivity contribution is 0.102. The number of phenols is 1. The number of nitrogens with two attached hydrogens (primary N) is 1. The van der Waals surface area contributed by atoms with Gasteiger partial charge in [-0.15, -0.1) is 0 Å². The maximum Gasteiger partial charge on any atom is 0.257 e. The second-order valence-electron chi connectivity index (χ2n) is 3.74. The molecular formula is C13H11FN2O2. The van der Waals surface area contributed by atoms with Crippen molar-refractivity contribution < 1.29 is 14.3 Å². The first kappa shape index (κ1) is 11.9. The number of hydrogen-bond donors (Lipinski definition) is 3. The largest absolute Gasteiger partial charge is 0.508 e. The molecule has 2 aromatic carbocycles. The zero-order valence-corrected chi connectivity index (χ0v) is 9.35. The van der Waals surface area contributed by atoms with Gasteiger partial charge in [0.15, 0.2) is 0 Å². The Kier molecular flexibility index (Phi) is 3.14. The molecule has 0 atom stereocenters. The smallest absolute Gasteiger partial charge is 0.257 e. The molecule has 0 bridgehead atoms. The van der Waals surface area contributed by atoms with Gasteiger partial charge in [-0.1, -0.05) is 6.07 Å². The number of nitrogens with one attached hydrogen (secondary N) is 1. The Hall–Kier alpha value is -2.56. The van der Waals surface area contributed by atoms with E-state index in [1.165, 1.54) is 24.3 Å². The van der Waals surface area contributed by atoms with Gasteiger partial charge in [-0.05, 0) is 30.3 Å². The van der Waals surface area contributed by atoms with E-state index in [0.29, 0.717) is 5.69 Å². The summed E-state index contributed by atoms with van der Waals surface area (Å²) in [5.74, 6) is -1.04. The van der Waals surface area contributed by atoms with Gasteiger partial charge in [-0.3, -0.25) is 4.79 Å².